The highest BCUT2D eigenvalue weighted by Crippen LogP contribution is 2.36. The van der Waals surface area contributed by atoms with E-state index in [0.717, 1.165) is 32.1 Å². The molecule has 0 unspecified atom stereocenters. The smallest absolute Gasteiger partial charge is 0.0693 e. The molecule has 0 bridgehead atoms. The van der Waals surface area contributed by atoms with Crippen LogP contribution in [-0.4, -0.2) is 34.5 Å². The van der Waals surface area contributed by atoms with Crippen molar-refractivity contribution in [1.29, 1.82) is 0 Å². The average molecular weight is 171 g/mol. The monoisotopic (exact) mass is 171 g/mol. The summed E-state index contributed by atoms with van der Waals surface area (Å²) in [6.07, 6.45) is 5.02. The van der Waals surface area contributed by atoms with Crippen molar-refractivity contribution in [1.82, 2.24) is 5.32 Å². The molecule has 3 nitrogen and oxygen atoms in total. The van der Waals surface area contributed by atoms with E-state index in [4.69, 9.17) is 5.11 Å². The molecule has 0 aromatic carbocycles. The molecule has 2 fully saturated rings. The van der Waals surface area contributed by atoms with Crippen LogP contribution in [0.3, 0.4) is 0 Å². The molecular weight excluding hydrogens is 154 g/mol. The van der Waals surface area contributed by atoms with Crippen LogP contribution in [-0.2, 0) is 0 Å². The molecule has 0 spiro atoms. The van der Waals surface area contributed by atoms with Crippen LogP contribution in [0.1, 0.15) is 32.1 Å². The lowest BCUT2D eigenvalue weighted by atomic mass is 10.1. The number of nitrogens with one attached hydrogen (secondary N) is 1. The van der Waals surface area contributed by atoms with Gasteiger partial charge in [0.15, 0.2) is 0 Å². The van der Waals surface area contributed by atoms with Crippen LogP contribution in [0, 0.1) is 0 Å². The first kappa shape index (κ1) is 8.48. The van der Waals surface area contributed by atoms with Gasteiger partial charge in [0.2, 0.25) is 0 Å². The van der Waals surface area contributed by atoms with Crippen LogP contribution >= 0.6 is 0 Å². The van der Waals surface area contributed by atoms with Gasteiger partial charge < -0.3 is 15.5 Å². The molecule has 12 heavy (non-hydrogen) atoms. The molecule has 3 N–H and O–H groups in total. The van der Waals surface area contributed by atoms with Crippen molar-refractivity contribution in [3.05, 3.63) is 0 Å². The van der Waals surface area contributed by atoms with Crippen molar-refractivity contribution in [2.45, 2.75) is 49.8 Å². The molecule has 0 aromatic rings. The summed E-state index contributed by atoms with van der Waals surface area (Å²) < 4.78 is 0. The zero-order chi connectivity index (χ0) is 8.60. The van der Waals surface area contributed by atoms with E-state index in [1.807, 2.05) is 0 Å². The Morgan fingerprint density at radius 3 is 2.50 bits per heavy atom. The molecule has 2 atom stereocenters. The lowest BCUT2D eigenvalue weighted by Crippen LogP contribution is -2.46. The van der Waals surface area contributed by atoms with E-state index in [-0.39, 0.29) is 24.3 Å². The van der Waals surface area contributed by atoms with E-state index in [1.54, 1.807) is 0 Å². The van der Waals surface area contributed by atoms with Crippen molar-refractivity contribution < 1.29 is 10.2 Å². The van der Waals surface area contributed by atoms with Gasteiger partial charge in [-0.1, -0.05) is 0 Å². The van der Waals surface area contributed by atoms with E-state index in [1.165, 1.54) is 0 Å². The van der Waals surface area contributed by atoms with Crippen LogP contribution in [0.2, 0.25) is 0 Å². The molecule has 2 aliphatic carbocycles. The minimum atomic E-state index is -0.186. The third-order valence-electron chi connectivity index (χ3n) is 3.13. The van der Waals surface area contributed by atoms with Crippen LogP contribution in [0.5, 0.6) is 0 Å². The fourth-order valence-corrected chi connectivity index (χ4v) is 2.00. The highest BCUT2D eigenvalue weighted by molar-refractivity contribution is 5.04. The number of hydrogen-bond donors (Lipinski definition) is 3. The minimum Gasteiger partial charge on any atom is -0.394 e. The van der Waals surface area contributed by atoms with Gasteiger partial charge in [0, 0.05) is 11.6 Å². The molecule has 0 aromatic heterocycles. The molecule has 0 saturated heterocycles. The zero-order valence-corrected chi connectivity index (χ0v) is 7.29. The SMILES string of the molecule is OCC1(N[C@H]2CCC[C@@H]2O)CC1. The summed E-state index contributed by atoms with van der Waals surface area (Å²) >= 11 is 0. The lowest BCUT2D eigenvalue weighted by molar-refractivity contribution is 0.127. The second-order valence-electron chi connectivity index (χ2n) is 4.19. The largest absolute Gasteiger partial charge is 0.394 e. The molecule has 2 saturated carbocycles. The maximum absolute atomic E-state index is 9.53. The van der Waals surface area contributed by atoms with E-state index in [9.17, 15) is 5.11 Å². The third-order valence-corrected chi connectivity index (χ3v) is 3.13. The van der Waals surface area contributed by atoms with Gasteiger partial charge >= 0.3 is 0 Å². The van der Waals surface area contributed by atoms with Gasteiger partial charge in [0.05, 0.1) is 12.7 Å². The predicted octanol–water partition coefficient (Wildman–Crippen LogP) is 0.0143. The van der Waals surface area contributed by atoms with Gasteiger partial charge in [0.25, 0.3) is 0 Å². The molecule has 70 valence electrons. The van der Waals surface area contributed by atoms with Crippen molar-refractivity contribution in [3.8, 4) is 0 Å². The topological polar surface area (TPSA) is 52.5 Å². The van der Waals surface area contributed by atoms with Gasteiger partial charge in [-0.2, -0.15) is 0 Å². The number of aliphatic hydroxyl groups excluding tert-OH is 2. The van der Waals surface area contributed by atoms with E-state index >= 15 is 0 Å². The quantitative estimate of drug-likeness (QED) is 0.561. The van der Waals surface area contributed by atoms with Crippen LogP contribution in [0.15, 0.2) is 0 Å². The Morgan fingerprint density at radius 1 is 1.33 bits per heavy atom. The van der Waals surface area contributed by atoms with Crippen LogP contribution in [0.4, 0.5) is 0 Å². The molecule has 2 rings (SSSR count). The van der Waals surface area contributed by atoms with Gasteiger partial charge in [-0.05, 0) is 32.1 Å². The van der Waals surface area contributed by atoms with Gasteiger partial charge in [-0.15, -0.1) is 0 Å². The fourth-order valence-electron chi connectivity index (χ4n) is 2.00. The second-order valence-corrected chi connectivity index (χ2v) is 4.19. The lowest BCUT2D eigenvalue weighted by Gasteiger charge is -2.22. The summed E-state index contributed by atoms with van der Waals surface area (Å²) in [5, 5.41) is 22.0. The minimum absolute atomic E-state index is 0.0179. The van der Waals surface area contributed by atoms with Crippen molar-refractivity contribution >= 4 is 0 Å². The Kier molecular flexibility index (Phi) is 2.10. The van der Waals surface area contributed by atoms with Crippen molar-refractivity contribution in [2.75, 3.05) is 6.61 Å². The Hall–Kier alpha value is -0.120. The van der Waals surface area contributed by atoms with E-state index < -0.39 is 0 Å². The summed E-state index contributed by atoms with van der Waals surface area (Å²) in [6, 6.07) is 0.236. The standard InChI is InChI=1S/C9H17NO2/c11-6-9(4-5-9)10-7-2-1-3-8(7)12/h7-8,10-12H,1-6H2/t7-,8-/m0/s1. The molecule has 3 heteroatoms. The summed E-state index contributed by atoms with van der Waals surface area (Å²) in [6.45, 7) is 0.218. The average Bonchev–Trinajstić information content (AvgIpc) is 2.74. The first-order chi connectivity index (χ1) is 5.76. The molecule has 0 aliphatic heterocycles. The summed E-state index contributed by atoms with van der Waals surface area (Å²) in [5.41, 5.74) is -0.0179. The normalized spacial score (nSPS) is 38.5. The Morgan fingerprint density at radius 2 is 2.08 bits per heavy atom. The van der Waals surface area contributed by atoms with Gasteiger partial charge in [-0.25, -0.2) is 0 Å². The first-order valence-corrected chi connectivity index (χ1v) is 4.82. The maximum Gasteiger partial charge on any atom is 0.0693 e. The predicted molar refractivity (Wildman–Crippen MR) is 45.8 cm³/mol. The molecule has 0 heterocycles. The highest BCUT2D eigenvalue weighted by atomic mass is 16.3. The number of rotatable bonds is 3. The molecule has 0 amide bonds. The number of hydrogen-bond acceptors (Lipinski definition) is 3. The Labute approximate surface area is 72.8 Å². The van der Waals surface area contributed by atoms with Crippen LogP contribution in [0.25, 0.3) is 0 Å². The van der Waals surface area contributed by atoms with E-state index in [0.29, 0.717) is 0 Å². The van der Waals surface area contributed by atoms with Gasteiger partial charge in [-0.3, -0.25) is 0 Å². The van der Waals surface area contributed by atoms with Crippen LogP contribution < -0.4 is 5.32 Å². The third kappa shape index (κ3) is 1.49. The maximum atomic E-state index is 9.53. The Bertz CT molecular complexity index is 168. The fraction of sp³-hybridized carbons (Fsp3) is 1.00. The van der Waals surface area contributed by atoms with Gasteiger partial charge in [0.1, 0.15) is 0 Å². The zero-order valence-electron chi connectivity index (χ0n) is 7.29. The number of aliphatic hydroxyl groups is 2. The molecular formula is C9H17NO2. The molecule has 0 radical (unpaired) electrons. The summed E-state index contributed by atoms with van der Waals surface area (Å²) in [5.74, 6) is 0. The highest BCUT2D eigenvalue weighted by Gasteiger charge is 2.44. The summed E-state index contributed by atoms with van der Waals surface area (Å²) in [7, 11) is 0. The van der Waals surface area contributed by atoms with Crippen molar-refractivity contribution in [2.24, 2.45) is 0 Å². The molecule has 2 aliphatic rings. The first-order valence-electron chi connectivity index (χ1n) is 4.82. The summed E-state index contributed by atoms with van der Waals surface area (Å²) in [4.78, 5) is 0. The Balaban J connectivity index is 1.86. The van der Waals surface area contributed by atoms with E-state index in [2.05, 4.69) is 5.32 Å². The second kappa shape index (κ2) is 2.98. The van der Waals surface area contributed by atoms with Crippen molar-refractivity contribution in [3.63, 3.8) is 0 Å².